The highest BCUT2D eigenvalue weighted by atomic mass is 16.2. The Morgan fingerprint density at radius 3 is 2.96 bits per heavy atom. The smallest absolute Gasteiger partial charge is 0.223 e. The molecule has 6 heteroatoms. The molecule has 0 atom stereocenters. The lowest BCUT2D eigenvalue weighted by Crippen LogP contribution is -2.34. The molecule has 1 aliphatic heterocycles. The van der Waals surface area contributed by atoms with Gasteiger partial charge in [0.1, 0.15) is 5.82 Å². The lowest BCUT2D eigenvalue weighted by atomic mass is 10.2. The maximum Gasteiger partial charge on any atom is 0.223 e. The van der Waals surface area contributed by atoms with Crippen molar-refractivity contribution in [1.82, 2.24) is 24.3 Å². The summed E-state index contributed by atoms with van der Waals surface area (Å²) in [5.74, 6) is 1.33. The molecule has 3 rings (SSSR count). The number of aromatic nitrogens is 3. The zero-order valence-corrected chi connectivity index (χ0v) is 14.0. The van der Waals surface area contributed by atoms with Crippen molar-refractivity contribution < 1.29 is 4.79 Å². The summed E-state index contributed by atoms with van der Waals surface area (Å²) in [6.07, 6.45) is 6.04. The van der Waals surface area contributed by atoms with E-state index in [1.807, 2.05) is 29.4 Å². The number of imidazole rings is 1. The number of nitrogens with zero attached hydrogens (tertiary/aromatic N) is 4. The molecule has 1 N–H and O–H groups in total. The Morgan fingerprint density at radius 1 is 1.35 bits per heavy atom. The van der Waals surface area contributed by atoms with E-state index >= 15 is 0 Å². The summed E-state index contributed by atoms with van der Waals surface area (Å²) in [4.78, 5) is 24.3. The molecule has 1 aliphatic rings. The average Bonchev–Trinajstić information content (AvgIpc) is 3.10. The molecule has 124 valence electrons. The number of nitrogens with one attached hydrogen (secondary N) is 1. The fraction of sp³-hybridized carbons (Fsp3) is 0.529. The number of hydrogen-bond donors (Lipinski definition) is 1. The van der Waals surface area contributed by atoms with E-state index in [4.69, 9.17) is 0 Å². The zero-order valence-electron chi connectivity index (χ0n) is 14.0. The van der Waals surface area contributed by atoms with E-state index in [0.717, 1.165) is 50.5 Å². The number of H-pyrrole nitrogens is 1. The molecule has 0 saturated carbocycles. The highest BCUT2D eigenvalue weighted by Crippen LogP contribution is 2.14. The summed E-state index contributed by atoms with van der Waals surface area (Å²) in [7, 11) is 4.13. The Balaban J connectivity index is 1.58. The van der Waals surface area contributed by atoms with Crippen LogP contribution < -0.4 is 0 Å². The Morgan fingerprint density at radius 2 is 2.22 bits per heavy atom. The molecular formula is C17H25N5O. The summed E-state index contributed by atoms with van der Waals surface area (Å²) < 4.78 is 2.28. The highest BCUT2D eigenvalue weighted by Gasteiger charge is 2.20. The van der Waals surface area contributed by atoms with Crippen LogP contribution in [0.25, 0.3) is 0 Å². The molecule has 0 aromatic carbocycles. The number of hydrogen-bond acceptors (Lipinski definition) is 3. The van der Waals surface area contributed by atoms with Crippen LogP contribution in [0.4, 0.5) is 0 Å². The second-order valence-corrected chi connectivity index (χ2v) is 6.38. The van der Waals surface area contributed by atoms with Gasteiger partial charge in [-0.25, -0.2) is 4.98 Å². The number of carbonyl (C=O) groups is 1. The molecule has 1 amide bonds. The molecule has 23 heavy (non-hydrogen) atoms. The molecule has 0 spiro atoms. The summed E-state index contributed by atoms with van der Waals surface area (Å²) in [6.45, 7) is 3.26. The van der Waals surface area contributed by atoms with E-state index in [9.17, 15) is 4.79 Å². The second-order valence-electron chi connectivity index (χ2n) is 6.38. The molecule has 0 unspecified atom stereocenters. The quantitative estimate of drug-likeness (QED) is 0.904. The molecule has 2 aromatic rings. The molecule has 3 heterocycles. The first kappa shape index (κ1) is 15.8. The molecule has 0 aliphatic carbocycles. The van der Waals surface area contributed by atoms with Gasteiger partial charge in [0.15, 0.2) is 0 Å². The van der Waals surface area contributed by atoms with Crippen LogP contribution in [-0.2, 0) is 30.7 Å². The van der Waals surface area contributed by atoms with Gasteiger partial charge in [-0.15, -0.1) is 0 Å². The van der Waals surface area contributed by atoms with Gasteiger partial charge in [0.05, 0.1) is 5.69 Å². The van der Waals surface area contributed by atoms with Crippen molar-refractivity contribution in [3.05, 3.63) is 41.7 Å². The highest BCUT2D eigenvalue weighted by molar-refractivity contribution is 5.76. The zero-order chi connectivity index (χ0) is 16.2. The van der Waals surface area contributed by atoms with Crippen molar-refractivity contribution in [2.24, 2.45) is 0 Å². The van der Waals surface area contributed by atoms with Crippen LogP contribution in [0.1, 0.15) is 23.6 Å². The van der Waals surface area contributed by atoms with Gasteiger partial charge < -0.3 is 19.4 Å². The first-order valence-electron chi connectivity index (χ1n) is 8.21. The largest absolute Gasteiger partial charge is 0.365 e. The molecule has 0 saturated heterocycles. The van der Waals surface area contributed by atoms with Crippen molar-refractivity contribution in [3.63, 3.8) is 0 Å². The number of aromatic amines is 1. The first-order chi connectivity index (χ1) is 11.1. The Hall–Kier alpha value is -2.08. The van der Waals surface area contributed by atoms with Gasteiger partial charge in [0.2, 0.25) is 5.91 Å². The minimum absolute atomic E-state index is 0.236. The van der Waals surface area contributed by atoms with Crippen molar-refractivity contribution in [3.8, 4) is 0 Å². The third-order valence-corrected chi connectivity index (χ3v) is 4.32. The van der Waals surface area contributed by atoms with Crippen LogP contribution in [0.2, 0.25) is 0 Å². The molecule has 2 aromatic heterocycles. The lowest BCUT2D eigenvalue weighted by Gasteiger charge is -2.20. The first-order valence-corrected chi connectivity index (χ1v) is 8.21. The fourth-order valence-electron chi connectivity index (χ4n) is 3.12. The minimum Gasteiger partial charge on any atom is -0.365 e. The van der Waals surface area contributed by atoms with Crippen molar-refractivity contribution in [1.29, 1.82) is 0 Å². The van der Waals surface area contributed by atoms with E-state index in [0.29, 0.717) is 6.42 Å². The fourth-order valence-corrected chi connectivity index (χ4v) is 3.12. The molecule has 0 radical (unpaired) electrons. The standard InChI is InChI=1S/C17H25N5O/c1-20(2)13-15-12-19-16-7-9-21(10-11-22(15)16)17(23)6-5-14-4-3-8-18-14/h3-4,8,12,18H,5-7,9-11,13H2,1-2H3. The van der Waals surface area contributed by atoms with E-state index in [1.165, 1.54) is 5.69 Å². The molecule has 0 bridgehead atoms. The number of amides is 1. The topological polar surface area (TPSA) is 57.2 Å². The summed E-state index contributed by atoms with van der Waals surface area (Å²) >= 11 is 0. The van der Waals surface area contributed by atoms with Gasteiger partial charge in [0, 0.05) is 57.1 Å². The molecule has 6 nitrogen and oxygen atoms in total. The summed E-state index contributed by atoms with van der Waals surface area (Å²) in [5.41, 5.74) is 2.35. The van der Waals surface area contributed by atoms with Crippen molar-refractivity contribution >= 4 is 5.91 Å². The Bertz CT molecular complexity index is 644. The van der Waals surface area contributed by atoms with Crippen LogP contribution in [0, 0.1) is 0 Å². The Kier molecular flexibility index (Phi) is 4.81. The molecular weight excluding hydrogens is 290 g/mol. The average molecular weight is 315 g/mol. The molecule has 0 fully saturated rings. The van der Waals surface area contributed by atoms with Crippen molar-refractivity contribution in [2.45, 2.75) is 32.4 Å². The maximum absolute atomic E-state index is 12.5. The summed E-state index contributed by atoms with van der Waals surface area (Å²) in [6, 6.07) is 4.00. The van der Waals surface area contributed by atoms with Crippen LogP contribution in [0.15, 0.2) is 24.5 Å². The maximum atomic E-state index is 12.5. The van der Waals surface area contributed by atoms with Gasteiger partial charge >= 0.3 is 0 Å². The predicted octanol–water partition coefficient (Wildman–Crippen LogP) is 1.29. The van der Waals surface area contributed by atoms with Crippen LogP contribution in [0.3, 0.4) is 0 Å². The van der Waals surface area contributed by atoms with Gasteiger partial charge in [-0.05, 0) is 32.6 Å². The van der Waals surface area contributed by atoms with Crippen LogP contribution in [-0.4, -0.2) is 57.4 Å². The van der Waals surface area contributed by atoms with E-state index in [1.54, 1.807) is 0 Å². The second kappa shape index (κ2) is 7.00. The van der Waals surface area contributed by atoms with Gasteiger partial charge in [-0.3, -0.25) is 4.79 Å². The monoisotopic (exact) mass is 315 g/mol. The SMILES string of the molecule is CN(C)Cc1cnc2n1CCN(C(=O)CCc1ccc[nH]1)CC2. The number of fused-ring (bicyclic) bond motifs is 1. The third kappa shape index (κ3) is 3.82. The van der Waals surface area contributed by atoms with Crippen molar-refractivity contribution in [2.75, 3.05) is 27.2 Å². The van der Waals surface area contributed by atoms with E-state index in [-0.39, 0.29) is 5.91 Å². The predicted molar refractivity (Wildman–Crippen MR) is 89.0 cm³/mol. The van der Waals surface area contributed by atoms with Gasteiger partial charge in [-0.2, -0.15) is 0 Å². The Labute approximate surface area is 137 Å². The number of carbonyl (C=O) groups excluding carboxylic acids is 1. The number of aryl methyl sites for hydroxylation is 1. The lowest BCUT2D eigenvalue weighted by molar-refractivity contribution is -0.131. The van der Waals surface area contributed by atoms with Crippen LogP contribution >= 0.6 is 0 Å². The summed E-state index contributed by atoms with van der Waals surface area (Å²) in [5, 5.41) is 0. The third-order valence-electron chi connectivity index (χ3n) is 4.32. The number of rotatable bonds is 5. The van der Waals surface area contributed by atoms with E-state index < -0.39 is 0 Å². The normalized spacial score (nSPS) is 14.8. The van der Waals surface area contributed by atoms with Crippen LogP contribution in [0.5, 0.6) is 0 Å². The van der Waals surface area contributed by atoms with Gasteiger partial charge in [0.25, 0.3) is 0 Å². The minimum atomic E-state index is 0.236. The van der Waals surface area contributed by atoms with Gasteiger partial charge in [-0.1, -0.05) is 0 Å². The van der Waals surface area contributed by atoms with E-state index in [2.05, 4.69) is 33.5 Å².